The molecule has 0 atom stereocenters. The standard InChI is InChI=1S/C12H20N2O2/c1-4-7-9-11(15)13-10(14-12(9)16)8(5-2)6-3/h8H,4-7H2,1-3H3,(H2,13,14,15,16). The third-order valence-corrected chi connectivity index (χ3v) is 2.88. The van der Waals surface area contributed by atoms with E-state index in [1.54, 1.807) is 0 Å². The zero-order valence-electron chi connectivity index (χ0n) is 10.2. The van der Waals surface area contributed by atoms with Crippen LogP contribution >= 0.6 is 0 Å². The summed E-state index contributed by atoms with van der Waals surface area (Å²) in [5.41, 5.74) is 0.202. The first kappa shape index (κ1) is 12.7. The molecule has 0 bridgehead atoms. The first-order chi connectivity index (χ1) is 7.63. The molecule has 2 N–H and O–H groups in total. The van der Waals surface area contributed by atoms with Crippen LogP contribution in [0.5, 0.6) is 5.88 Å². The van der Waals surface area contributed by atoms with Crippen molar-refractivity contribution < 1.29 is 5.11 Å². The summed E-state index contributed by atoms with van der Waals surface area (Å²) >= 11 is 0. The summed E-state index contributed by atoms with van der Waals surface area (Å²) in [5, 5.41) is 9.71. The lowest BCUT2D eigenvalue weighted by Crippen LogP contribution is -2.18. The number of hydrogen-bond acceptors (Lipinski definition) is 3. The van der Waals surface area contributed by atoms with Crippen LogP contribution in [-0.2, 0) is 6.42 Å². The number of aromatic hydroxyl groups is 1. The molecule has 0 unspecified atom stereocenters. The Kier molecular flexibility index (Phi) is 4.52. The molecule has 0 aliphatic heterocycles. The van der Waals surface area contributed by atoms with Crippen molar-refractivity contribution in [3.63, 3.8) is 0 Å². The number of nitrogens with zero attached hydrogens (tertiary/aromatic N) is 1. The van der Waals surface area contributed by atoms with E-state index < -0.39 is 0 Å². The molecule has 0 radical (unpaired) electrons. The first-order valence-electron chi connectivity index (χ1n) is 5.95. The van der Waals surface area contributed by atoms with Crippen LogP contribution in [0.1, 0.15) is 57.3 Å². The maximum absolute atomic E-state index is 11.7. The molecule has 0 aliphatic carbocycles. The molecule has 1 heterocycles. The van der Waals surface area contributed by atoms with Gasteiger partial charge in [0.1, 0.15) is 5.82 Å². The molecule has 0 spiro atoms. The highest BCUT2D eigenvalue weighted by Gasteiger charge is 2.14. The second kappa shape index (κ2) is 5.68. The molecular formula is C12H20N2O2. The van der Waals surface area contributed by atoms with Crippen molar-refractivity contribution in [2.75, 3.05) is 0 Å². The maximum atomic E-state index is 11.7. The SMILES string of the molecule is CCCc1c(O)nc(C(CC)CC)[nH]c1=O. The molecule has 0 fully saturated rings. The maximum Gasteiger partial charge on any atom is 0.257 e. The van der Waals surface area contributed by atoms with Crippen LogP contribution in [0.25, 0.3) is 0 Å². The van der Waals surface area contributed by atoms with Gasteiger partial charge in [-0.25, -0.2) is 0 Å². The molecule has 1 aromatic rings. The molecule has 1 aromatic heterocycles. The van der Waals surface area contributed by atoms with Gasteiger partial charge in [0.05, 0.1) is 5.56 Å². The van der Waals surface area contributed by atoms with Crippen LogP contribution in [0, 0.1) is 0 Å². The topological polar surface area (TPSA) is 66.0 Å². The largest absolute Gasteiger partial charge is 0.493 e. The molecule has 0 saturated heterocycles. The van der Waals surface area contributed by atoms with Crippen LogP contribution in [0.15, 0.2) is 4.79 Å². The zero-order valence-corrected chi connectivity index (χ0v) is 10.2. The molecule has 4 nitrogen and oxygen atoms in total. The van der Waals surface area contributed by atoms with Crippen molar-refractivity contribution in [1.82, 2.24) is 9.97 Å². The van der Waals surface area contributed by atoms with Gasteiger partial charge in [0.2, 0.25) is 5.88 Å². The number of nitrogens with one attached hydrogen (secondary N) is 1. The van der Waals surface area contributed by atoms with E-state index >= 15 is 0 Å². The van der Waals surface area contributed by atoms with E-state index in [1.807, 2.05) is 20.8 Å². The van der Waals surface area contributed by atoms with Gasteiger partial charge in [0.15, 0.2) is 0 Å². The quantitative estimate of drug-likeness (QED) is 0.806. The van der Waals surface area contributed by atoms with Crippen molar-refractivity contribution in [3.05, 3.63) is 21.7 Å². The van der Waals surface area contributed by atoms with Gasteiger partial charge in [-0.2, -0.15) is 4.98 Å². The van der Waals surface area contributed by atoms with Crippen molar-refractivity contribution in [2.24, 2.45) is 0 Å². The van der Waals surface area contributed by atoms with Crippen LogP contribution in [0.4, 0.5) is 0 Å². The van der Waals surface area contributed by atoms with Gasteiger partial charge < -0.3 is 10.1 Å². The number of H-pyrrole nitrogens is 1. The molecule has 16 heavy (non-hydrogen) atoms. The highest BCUT2D eigenvalue weighted by molar-refractivity contribution is 5.23. The van der Waals surface area contributed by atoms with Crippen LogP contribution in [-0.4, -0.2) is 15.1 Å². The summed E-state index contributed by atoms with van der Waals surface area (Å²) < 4.78 is 0. The van der Waals surface area contributed by atoms with Crippen molar-refractivity contribution in [3.8, 4) is 5.88 Å². The van der Waals surface area contributed by atoms with E-state index in [0.29, 0.717) is 17.8 Å². The second-order valence-corrected chi connectivity index (χ2v) is 4.02. The lowest BCUT2D eigenvalue weighted by molar-refractivity contribution is 0.433. The number of hydrogen-bond donors (Lipinski definition) is 2. The lowest BCUT2D eigenvalue weighted by Gasteiger charge is -2.12. The number of aromatic amines is 1. The van der Waals surface area contributed by atoms with Crippen molar-refractivity contribution in [2.45, 2.75) is 52.4 Å². The van der Waals surface area contributed by atoms with Gasteiger partial charge >= 0.3 is 0 Å². The molecule has 0 aromatic carbocycles. The summed E-state index contributed by atoms with van der Waals surface area (Å²) in [6.07, 6.45) is 3.21. The summed E-state index contributed by atoms with van der Waals surface area (Å²) in [7, 11) is 0. The third kappa shape index (κ3) is 2.62. The fraction of sp³-hybridized carbons (Fsp3) is 0.667. The van der Waals surface area contributed by atoms with Gasteiger partial charge in [0.25, 0.3) is 5.56 Å². The Labute approximate surface area is 95.7 Å². The molecule has 0 amide bonds. The monoisotopic (exact) mass is 224 g/mol. The van der Waals surface area contributed by atoms with E-state index in [9.17, 15) is 9.90 Å². The van der Waals surface area contributed by atoms with Crippen LogP contribution in [0.2, 0.25) is 0 Å². The van der Waals surface area contributed by atoms with E-state index in [0.717, 1.165) is 19.3 Å². The fourth-order valence-corrected chi connectivity index (χ4v) is 1.85. The lowest BCUT2D eigenvalue weighted by atomic mass is 10.0. The molecule has 0 saturated carbocycles. The molecular weight excluding hydrogens is 204 g/mol. The Balaban J connectivity index is 3.13. The Morgan fingerprint density at radius 2 is 1.94 bits per heavy atom. The molecule has 90 valence electrons. The van der Waals surface area contributed by atoms with E-state index in [1.165, 1.54) is 0 Å². The Morgan fingerprint density at radius 1 is 1.31 bits per heavy atom. The number of rotatable bonds is 5. The predicted molar refractivity (Wildman–Crippen MR) is 63.8 cm³/mol. The Bertz CT molecular complexity index is 394. The Morgan fingerprint density at radius 3 is 2.38 bits per heavy atom. The fourth-order valence-electron chi connectivity index (χ4n) is 1.85. The third-order valence-electron chi connectivity index (χ3n) is 2.88. The highest BCUT2D eigenvalue weighted by atomic mass is 16.3. The molecule has 1 rings (SSSR count). The first-order valence-corrected chi connectivity index (χ1v) is 5.95. The summed E-state index contributed by atoms with van der Waals surface area (Å²) in [6, 6.07) is 0. The minimum atomic E-state index is -0.198. The second-order valence-electron chi connectivity index (χ2n) is 4.02. The van der Waals surface area contributed by atoms with Gasteiger partial charge in [0, 0.05) is 5.92 Å². The molecule has 0 aliphatic rings. The van der Waals surface area contributed by atoms with Crippen molar-refractivity contribution in [1.29, 1.82) is 0 Å². The minimum absolute atomic E-state index is 0.104. The normalized spacial score (nSPS) is 11.0. The average Bonchev–Trinajstić information content (AvgIpc) is 2.25. The van der Waals surface area contributed by atoms with Crippen LogP contribution < -0.4 is 5.56 Å². The van der Waals surface area contributed by atoms with Crippen LogP contribution in [0.3, 0.4) is 0 Å². The number of aromatic nitrogens is 2. The minimum Gasteiger partial charge on any atom is -0.493 e. The van der Waals surface area contributed by atoms with Gasteiger partial charge in [-0.05, 0) is 19.3 Å². The van der Waals surface area contributed by atoms with E-state index in [-0.39, 0.29) is 17.4 Å². The van der Waals surface area contributed by atoms with Gasteiger partial charge in [-0.15, -0.1) is 0 Å². The Hall–Kier alpha value is -1.32. The predicted octanol–water partition coefficient (Wildman–Crippen LogP) is 2.33. The summed E-state index contributed by atoms with van der Waals surface area (Å²) in [5.74, 6) is 0.717. The summed E-state index contributed by atoms with van der Waals surface area (Å²) in [4.78, 5) is 18.6. The van der Waals surface area contributed by atoms with Crippen molar-refractivity contribution >= 4 is 0 Å². The van der Waals surface area contributed by atoms with E-state index in [2.05, 4.69) is 9.97 Å². The van der Waals surface area contributed by atoms with E-state index in [4.69, 9.17) is 0 Å². The summed E-state index contributed by atoms with van der Waals surface area (Å²) in [6.45, 7) is 6.06. The highest BCUT2D eigenvalue weighted by Crippen LogP contribution is 2.21. The smallest absolute Gasteiger partial charge is 0.257 e. The molecule has 4 heteroatoms. The zero-order chi connectivity index (χ0) is 12.1. The average molecular weight is 224 g/mol. The van der Waals surface area contributed by atoms with Gasteiger partial charge in [-0.1, -0.05) is 27.2 Å². The van der Waals surface area contributed by atoms with Gasteiger partial charge in [-0.3, -0.25) is 4.79 Å².